The molecule has 4 rings (SSSR count). The standard InChI is InChI=1S/C24H27N7O3/c1-4-10-31-21-20(23(33)29-24(31)34)17(11-18(27-21)15(2)3)22(32)28-19(12-30-14-25-13-26-30)16-8-6-5-7-9-16/h5-9,11,13-15,19H,4,10,12H2,1-3H3,(H,28,32)(H,29,33,34). The second kappa shape index (κ2) is 9.82. The summed E-state index contributed by atoms with van der Waals surface area (Å²) in [7, 11) is 0. The van der Waals surface area contributed by atoms with Crippen LogP contribution in [-0.4, -0.2) is 35.2 Å². The lowest BCUT2D eigenvalue weighted by Gasteiger charge is -2.20. The highest BCUT2D eigenvalue weighted by Crippen LogP contribution is 2.22. The highest BCUT2D eigenvalue weighted by Gasteiger charge is 2.23. The van der Waals surface area contributed by atoms with Gasteiger partial charge in [-0.1, -0.05) is 51.1 Å². The lowest BCUT2D eigenvalue weighted by atomic mass is 10.0. The molecule has 0 saturated heterocycles. The van der Waals surface area contributed by atoms with Gasteiger partial charge < -0.3 is 5.32 Å². The van der Waals surface area contributed by atoms with E-state index in [2.05, 4.69) is 25.4 Å². The molecule has 3 heterocycles. The van der Waals surface area contributed by atoms with Crippen LogP contribution in [0.5, 0.6) is 0 Å². The summed E-state index contributed by atoms with van der Waals surface area (Å²) >= 11 is 0. The Labute approximate surface area is 195 Å². The zero-order chi connectivity index (χ0) is 24.2. The van der Waals surface area contributed by atoms with Crippen LogP contribution in [0.2, 0.25) is 0 Å². The van der Waals surface area contributed by atoms with Gasteiger partial charge in [0.25, 0.3) is 11.5 Å². The molecule has 0 radical (unpaired) electrons. The maximum Gasteiger partial charge on any atom is 0.329 e. The number of rotatable bonds is 8. The van der Waals surface area contributed by atoms with Gasteiger partial charge in [0, 0.05) is 12.2 Å². The highest BCUT2D eigenvalue weighted by molar-refractivity contribution is 6.05. The Morgan fingerprint density at radius 3 is 2.59 bits per heavy atom. The third-order valence-electron chi connectivity index (χ3n) is 5.60. The van der Waals surface area contributed by atoms with E-state index < -0.39 is 23.2 Å². The first-order valence-corrected chi connectivity index (χ1v) is 11.2. The zero-order valence-corrected chi connectivity index (χ0v) is 19.4. The summed E-state index contributed by atoms with van der Waals surface area (Å²) in [6, 6.07) is 10.7. The van der Waals surface area contributed by atoms with Crippen LogP contribution < -0.4 is 16.6 Å². The van der Waals surface area contributed by atoms with Crippen LogP contribution in [0.1, 0.15) is 60.8 Å². The lowest BCUT2D eigenvalue weighted by molar-refractivity contribution is 0.0933. The molecule has 0 aliphatic carbocycles. The first-order chi connectivity index (χ1) is 16.4. The predicted molar refractivity (Wildman–Crippen MR) is 128 cm³/mol. The number of aromatic nitrogens is 6. The van der Waals surface area contributed by atoms with E-state index in [9.17, 15) is 14.4 Å². The van der Waals surface area contributed by atoms with E-state index in [1.807, 2.05) is 51.1 Å². The van der Waals surface area contributed by atoms with Gasteiger partial charge in [0.1, 0.15) is 12.7 Å². The van der Waals surface area contributed by atoms with Crippen molar-refractivity contribution in [3.63, 3.8) is 0 Å². The molecule has 176 valence electrons. The Kier molecular flexibility index (Phi) is 6.67. The lowest BCUT2D eigenvalue weighted by Crippen LogP contribution is -2.35. The molecular weight excluding hydrogens is 434 g/mol. The first kappa shape index (κ1) is 23.1. The van der Waals surface area contributed by atoms with E-state index in [0.29, 0.717) is 25.2 Å². The summed E-state index contributed by atoms with van der Waals surface area (Å²) in [4.78, 5) is 49.9. The zero-order valence-electron chi connectivity index (χ0n) is 19.4. The number of amides is 1. The molecule has 34 heavy (non-hydrogen) atoms. The highest BCUT2D eigenvalue weighted by atomic mass is 16.2. The minimum Gasteiger partial charge on any atom is -0.343 e. The fourth-order valence-corrected chi connectivity index (χ4v) is 3.87. The van der Waals surface area contributed by atoms with Crippen LogP contribution in [0.25, 0.3) is 11.0 Å². The SMILES string of the molecule is CCCn1c(=O)[nH]c(=O)c2c(C(=O)NC(Cn3cncn3)c3ccccc3)cc(C(C)C)nc21. The maximum absolute atomic E-state index is 13.6. The van der Waals surface area contributed by atoms with Crippen LogP contribution in [-0.2, 0) is 13.1 Å². The molecule has 0 saturated carbocycles. The number of nitrogens with zero attached hydrogens (tertiary/aromatic N) is 5. The van der Waals surface area contributed by atoms with Crippen molar-refractivity contribution < 1.29 is 4.79 Å². The fraction of sp³-hybridized carbons (Fsp3) is 0.333. The number of aryl methyl sites for hydroxylation is 1. The van der Waals surface area contributed by atoms with Gasteiger partial charge in [-0.3, -0.25) is 23.8 Å². The molecule has 1 amide bonds. The first-order valence-electron chi connectivity index (χ1n) is 11.2. The van der Waals surface area contributed by atoms with E-state index in [0.717, 1.165) is 5.56 Å². The maximum atomic E-state index is 13.6. The third-order valence-corrected chi connectivity index (χ3v) is 5.60. The molecule has 3 aromatic heterocycles. The van der Waals surface area contributed by atoms with E-state index in [1.54, 1.807) is 17.1 Å². The third kappa shape index (κ3) is 4.66. The van der Waals surface area contributed by atoms with Crippen LogP contribution in [0.15, 0.2) is 58.6 Å². The Balaban J connectivity index is 1.84. The van der Waals surface area contributed by atoms with Gasteiger partial charge in [-0.05, 0) is 24.0 Å². The average molecular weight is 462 g/mol. The Morgan fingerprint density at radius 2 is 1.94 bits per heavy atom. The quantitative estimate of drug-likeness (QED) is 0.415. The van der Waals surface area contributed by atoms with Gasteiger partial charge in [-0.2, -0.15) is 5.10 Å². The van der Waals surface area contributed by atoms with Crippen LogP contribution >= 0.6 is 0 Å². The molecule has 2 N–H and O–H groups in total. The number of nitrogens with one attached hydrogen (secondary N) is 2. The minimum atomic E-state index is -0.632. The number of benzene rings is 1. The second-order valence-corrected chi connectivity index (χ2v) is 8.41. The number of carbonyl (C=O) groups is 1. The topological polar surface area (TPSA) is 128 Å². The van der Waals surface area contributed by atoms with Gasteiger partial charge in [0.15, 0.2) is 5.65 Å². The summed E-state index contributed by atoms with van der Waals surface area (Å²) in [5.74, 6) is -0.448. The molecule has 0 bridgehead atoms. The molecular formula is C24H27N7O3. The number of H-pyrrole nitrogens is 1. The van der Waals surface area contributed by atoms with Crippen LogP contribution in [0, 0.1) is 0 Å². The number of pyridine rings is 1. The van der Waals surface area contributed by atoms with Gasteiger partial charge in [-0.25, -0.2) is 14.8 Å². The van der Waals surface area contributed by atoms with Crippen molar-refractivity contribution in [1.82, 2.24) is 34.6 Å². The number of hydrogen-bond acceptors (Lipinski definition) is 6. The molecule has 10 nitrogen and oxygen atoms in total. The normalized spacial score (nSPS) is 12.2. The summed E-state index contributed by atoms with van der Waals surface area (Å²) in [5.41, 5.74) is 0.741. The summed E-state index contributed by atoms with van der Waals surface area (Å²) < 4.78 is 3.05. The second-order valence-electron chi connectivity index (χ2n) is 8.41. The Hall–Kier alpha value is -4.08. The number of fused-ring (bicyclic) bond motifs is 1. The smallest absolute Gasteiger partial charge is 0.329 e. The summed E-state index contributed by atoms with van der Waals surface area (Å²) in [6.07, 6.45) is 3.68. The molecule has 1 aromatic carbocycles. The molecule has 0 fully saturated rings. The van der Waals surface area contributed by atoms with Crippen molar-refractivity contribution in [2.75, 3.05) is 0 Å². The molecule has 1 unspecified atom stereocenters. The number of hydrogen-bond donors (Lipinski definition) is 2. The van der Waals surface area contributed by atoms with Gasteiger partial charge in [0.2, 0.25) is 0 Å². The summed E-state index contributed by atoms with van der Waals surface area (Å²) in [6.45, 7) is 6.55. The predicted octanol–water partition coefficient (Wildman–Crippen LogP) is 2.38. The number of aromatic amines is 1. The number of carbonyl (C=O) groups excluding carboxylic acids is 1. The van der Waals surface area contributed by atoms with Crippen molar-refractivity contribution in [3.8, 4) is 0 Å². The minimum absolute atomic E-state index is 0.0134. The van der Waals surface area contributed by atoms with E-state index in [-0.39, 0.29) is 22.5 Å². The Morgan fingerprint density at radius 1 is 1.18 bits per heavy atom. The van der Waals surface area contributed by atoms with Crippen molar-refractivity contribution in [3.05, 3.63) is 86.7 Å². The van der Waals surface area contributed by atoms with Crippen molar-refractivity contribution in [1.29, 1.82) is 0 Å². The monoisotopic (exact) mass is 461 g/mol. The molecule has 1 atom stereocenters. The van der Waals surface area contributed by atoms with Crippen molar-refractivity contribution >= 4 is 16.9 Å². The molecule has 4 aromatic rings. The van der Waals surface area contributed by atoms with Crippen molar-refractivity contribution in [2.24, 2.45) is 0 Å². The van der Waals surface area contributed by atoms with Crippen LogP contribution in [0.4, 0.5) is 0 Å². The van der Waals surface area contributed by atoms with Gasteiger partial charge in [-0.15, -0.1) is 0 Å². The van der Waals surface area contributed by atoms with Gasteiger partial charge >= 0.3 is 5.69 Å². The van der Waals surface area contributed by atoms with Gasteiger partial charge in [0.05, 0.1) is 23.5 Å². The molecule has 0 aliphatic heterocycles. The van der Waals surface area contributed by atoms with E-state index in [1.165, 1.54) is 10.9 Å². The largest absolute Gasteiger partial charge is 0.343 e. The van der Waals surface area contributed by atoms with E-state index >= 15 is 0 Å². The molecule has 10 heteroatoms. The Bertz CT molecular complexity index is 1410. The molecule has 0 aliphatic rings. The van der Waals surface area contributed by atoms with Crippen molar-refractivity contribution in [2.45, 2.75) is 52.2 Å². The summed E-state index contributed by atoms with van der Waals surface area (Å²) in [5, 5.41) is 7.30. The molecule has 0 spiro atoms. The average Bonchev–Trinajstić information content (AvgIpc) is 3.34. The fourth-order valence-electron chi connectivity index (χ4n) is 3.87. The van der Waals surface area contributed by atoms with E-state index in [4.69, 9.17) is 0 Å². The van der Waals surface area contributed by atoms with Crippen LogP contribution in [0.3, 0.4) is 0 Å².